The number of aliphatic hydroxyl groups excluding tert-OH is 10. The molecule has 1 aliphatic carbocycles. The number of nitrogens with two attached hydrogens (primary N) is 5. The summed E-state index contributed by atoms with van der Waals surface area (Å²) in [5.41, 5.74) is 29.8. The molecule has 34 heteroatoms. The molecule has 2 aromatic carbocycles. The summed E-state index contributed by atoms with van der Waals surface area (Å²) in [5.74, 6) is -6.57. The molecule has 0 radical (unpaired) electrons. The fraction of sp³-hybridized carbons (Fsp3) is 0.725. The van der Waals surface area contributed by atoms with Crippen molar-refractivity contribution in [1.29, 1.82) is 0 Å². The largest absolute Gasteiger partial charge is 0.507 e. The van der Waals surface area contributed by atoms with Gasteiger partial charge in [-0.25, -0.2) is 4.99 Å². The Morgan fingerprint density at radius 3 is 1.89 bits per heavy atom. The molecule has 4 bridgehead atoms. The number of piperidine rings is 1. The van der Waals surface area contributed by atoms with E-state index in [1.165, 1.54) is 27.2 Å². The van der Waals surface area contributed by atoms with Gasteiger partial charge in [-0.3, -0.25) is 19.4 Å². The first-order valence-electron chi connectivity index (χ1n) is 35.0. The maximum Gasteiger partial charge on any atom is 0.312 e. The topological polar surface area (TPSA) is 556 Å². The van der Waals surface area contributed by atoms with E-state index in [0.29, 0.717) is 24.4 Å². The lowest BCUT2D eigenvalue weighted by molar-refractivity contribution is -0.310. The van der Waals surface area contributed by atoms with Crippen molar-refractivity contribution in [2.75, 3.05) is 51.8 Å². The number of aromatic hydroxyl groups is 2. The number of amides is 1. The number of rotatable bonds is 13. The fourth-order valence-electron chi connectivity index (χ4n) is 14.9. The normalized spacial score (nSPS) is 41.3. The molecule has 0 unspecified atom stereocenters. The highest BCUT2D eigenvalue weighted by molar-refractivity contribution is 6.21. The summed E-state index contributed by atoms with van der Waals surface area (Å²) < 4.78 is 58.4. The number of nitrogens with one attached hydrogen (secondary N) is 1. The number of hydrogen-bond acceptors (Lipinski definition) is 33. The number of allylic oxidation sites excluding steroid dienone is 2. The number of esters is 1. The van der Waals surface area contributed by atoms with E-state index in [0.717, 1.165) is 19.6 Å². The number of fused-ring (bicyclic) bond motifs is 1. The van der Waals surface area contributed by atoms with Crippen LogP contribution in [-0.2, 0) is 52.2 Å². The molecule has 1 amide bonds. The van der Waals surface area contributed by atoms with Crippen molar-refractivity contribution in [2.45, 2.75) is 241 Å². The van der Waals surface area contributed by atoms with E-state index in [9.17, 15) is 75.7 Å². The molecule has 5 fully saturated rings. The van der Waals surface area contributed by atoms with Crippen LogP contribution >= 0.6 is 0 Å². The number of phenolic OH excluding ortho intramolecular Hbond substituents is 2. The second-order valence-corrected chi connectivity index (χ2v) is 29.2. The first kappa shape index (κ1) is 81.5. The van der Waals surface area contributed by atoms with Crippen LogP contribution in [0.25, 0.3) is 10.8 Å². The fourth-order valence-corrected chi connectivity index (χ4v) is 14.9. The molecule has 2 aromatic rings. The SMILES string of the molecule is CO[C@@H]1/C=C\O[C@@]2(C)Oc3c(C)c(O)c4c(O)c(c5c(c4c3C2=O)NC2(CCN(CC(C)C)CC2)N=5)=NC(=O)/C(C)=C\C=C/[C@@H](C)[C@@H](O)[C@H](C)[C@H](O)[C@H](C)[C@H](OC(C)=O)[C@@H]1C.NC[C@@H]1O[C@H](O[C@H]2[C@@H](O)[C@H](O[C@@H]3[C@@H](O)[C@H](N)C[C@H](N)[C@H]3O[C@H]3O[C@H](CO)[C@@H](O)[C@H](O)[C@H]3N)O[C@@H]2CO)[C@H](N)[C@@H](O)[C@@H]1O. The second kappa shape index (κ2) is 33.3. The molecule has 23 N–H and O–H groups in total. The lowest BCUT2D eigenvalue weighted by Crippen LogP contribution is -2.68. The summed E-state index contributed by atoms with van der Waals surface area (Å²) in [6.45, 7) is 18.1. The van der Waals surface area contributed by atoms with Crippen molar-refractivity contribution in [3.05, 3.63) is 58.0 Å². The second-order valence-electron chi connectivity index (χ2n) is 29.2. The Balaban J connectivity index is 0.000000256. The van der Waals surface area contributed by atoms with Crippen LogP contribution in [0.15, 0.2) is 46.1 Å². The number of carbonyl (C=O) groups excluding carboxylic acids is 3. The van der Waals surface area contributed by atoms with E-state index < -0.39 is 212 Å². The zero-order valence-electron chi connectivity index (χ0n) is 59.8. The summed E-state index contributed by atoms with van der Waals surface area (Å²) in [4.78, 5) is 52.9. The van der Waals surface area contributed by atoms with Gasteiger partial charge in [0.15, 0.2) is 24.6 Å². The van der Waals surface area contributed by atoms with Gasteiger partial charge >= 0.3 is 11.8 Å². The molecule has 1 spiro atoms. The van der Waals surface area contributed by atoms with Crippen LogP contribution in [0.5, 0.6) is 17.2 Å². The van der Waals surface area contributed by atoms with Crippen molar-refractivity contribution in [3.8, 4) is 17.2 Å². The first-order valence-corrected chi connectivity index (χ1v) is 35.0. The van der Waals surface area contributed by atoms with Crippen molar-refractivity contribution in [2.24, 2.45) is 68.2 Å². The number of methoxy groups -OCH3 is 1. The number of hydrogen-bond donors (Lipinski definition) is 18. The number of nitrogens with zero attached hydrogens (tertiary/aromatic N) is 3. The molecular weight excluding hydrogens is 1350 g/mol. The molecule has 34 nitrogen and oxygen atoms in total. The predicted octanol–water partition coefficient (Wildman–Crippen LogP) is -4.11. The summed E-state index contributed by atoms with van der Waals surface area (Å²) in [5, 5.41) is 133. The highest BCUT2D eigenvalue weighted by Gasteiger charge is 2.56. The van der Waals surface area contributed by atoms with Gasteiger partial charge in [0, 0.05) is 112 Å². The maximum atomic E-state index is 14.7. The zero-order valence-corrected chi connectivity index (χ0v) is 59.8. The predicted molar refractivity (Wildman–Crippen MR) is 364 cm³/mol. The number of carbonyl (C=O) groups is 3. The zero-order chi connectivity index (χ0) is 75.9. The highest BCUT2D eigenvalue weighted by Crippen LogP contribution is 2.52. The molecule has 1 saturated carbocycles. The van der Waals surface area contributed by atoms with Crippen LogP contribution in [0.4, 0.5) is 5.69 Å². The number of aliphatic hydroxyl groups is 10. The third kappa shape index (κ3) is 16.5. The monoisotopic (exact) mass is 1460 g/mol. The molecule has 7 heterocycles. The van der Waals surface area contributed by atoms with Crippen LogP contribution < -0.4 is 49.4 Å². The minimum Gasteiger partial charge on any atom is -0.507 e. The Kier molecular flexibility index (Phi) is 26.3. The van der Waals surface area contributed by atoms with Gasteiger partial charge in [-0.2, -0.15) is 0 Å². The van der Waals surface area contributed by atoms with Crippen LogP contribution in [-0.4, -0.2) is 282 Å². The smallest absolute Gasteiger partial charge is 0.312 e. The van der Waals surface area contributed by atoms with Crippen molar-refractivity contribution < 1.29 is 123 Å². The molecule has 8 aliphatic rings. The Bertz CT molecular complexity index is 3560. The van der Waals surface area contributed by atoms with Gasteiger partial charge < -0.3 is 148 Å². The summed E-state index contributed by atoms with van der Waals surface area (Å²) in [7, 11) is 1.47. The van der Waals surface area contributed by atoms with E-state index in [1.807, 2.05) is 0 Å². The Hall–Kier alpha value is -5.59. The van der Waals surface area contributed by atoms with Crippen LogP contribution in [0.3, 0.4) is 0 Å². The molecular formula is C69H107N9O25. The molecule has 28 atom stereocenters. The number of benzene rings is 2. The van der Waals surface area contributed by atoms with E-state index in [1.54, 1.807) is 65.8 Å². The van der Waals surface area contributed by atoms with Crippen LogP contribution in [0, 0.1) is 36.5 Å². The number of ketones is 1. The molecule has 4 saturated heterocycles. The summed E-state index contributed by atoms with van der Waals surface area (Å²) in [6.07, 6.45) is -15.4. The first-order chi connectivity index (χ1) is 48.5. The van der Waals surface area contributed by atoms with Crippen LogP contribution in [0.1, 0.15) is 97.5 Å². The number of ether oxygens (including phenoxy) is 10. The van der Waals surface area contributed by atoms with Gasteiger partial charge in [-0.05, 0) is 32.3 Å². The minimum absolute atomic E-state index is 0.0538. The van der Waals surface area contributed by atoms with Crippen molar-refractivity contribution >= 4 is 34.1 Å². The molecule has 103 heavy (non-hydrogen) atoms. The van der Waals surface area contributed by atoms with Gasteiger partial charge in [0.1, 0.15) is 101 Å². The number of phenols is 2. The van der Waals surface area contributed by atoms with E-state index >= 15 is 0 Å². The van der Waals surface area contributed by atoms with Gasteiger partial charge in [-0.1, -0.05) is 59.8 Å². The molecule has 578 valence electrons. The standard InChI is InChI=1S/C46H62N4O11.C23H45N5O14/c1-22(2)21-50-18-16-46(17-19-50)48-34-31-32-39(54)28(8)42-33(31)43(56)45(10,61-42)59-20-15-30(58-11)25(5)41(60-29(9)51)27(7)38(53)26(6)37(52)23(3)13-12-14-24(4)44(57)47-36(40(32)55)35(34)49-46;24-2-7-13(32)15(34)10(27)21(37-7)41-19-9(4-30)39-23(17(19)36)42-20-12(31)5(25)1-6(26)18(20)40-22-11(28)16(35)14(33)8(3-29)38-22/h12-15,20,22-23,25-27,30,37-38,41,48,52-55H,16-19,21H2,1-11H3;5-23,29-36H,1-4,24-28H2/b13-12-,20-15-,24-14-,47-36?;/t23-,25-,26+,27+,30-,37-,38+,41-,45+;5-,6+,7+,8-,9-,10-,11-,12+,13-,14-,15-,16-,17-,18-,19-,20-,21-,22-,23+/m11/s1. The summed E-state index contributed by atoms with van der Waals surface area (Å²) >= 11 is 0. The van der Waals surface area contributed by atoms with E-state index in [4.69, 9.17) is 81.0 Å². The molecule has 7 aliphatic heterocycles. The van der Waals surface area contributed by atoms with Gasteiger partial charge in [-0.15, -0.1) is 0 Å². The van der Waals surface area contributed by atoms with Crippen molar-refractivity contribution in [1.82, 2.24) is 4.90 Å². The van der Waals surface area contributed by atoms with Gasteiger partial charge in [0.2, 0.25) is 0 Å². The molecule has 0 aromatic heterocycles. The summed E-state index contributed by atoms with van der Waals surface area (Å²) in [6, 6.07) is -4.30. The molecule has 10 rings (SSSR count). The van der Waals surface area contributed by atoms with Crippen molar-refractivity contribution in [3.63, 3.8) is 0 Å². The quantitative estimate of drug-likeness (QED) is 0.0669. The lowest BCUT2D eigenvalue weighted by atomic mass is 9.78. The number of Topliss-reactive ketones (excluding diaryl/α,β-unsaturated/α-hetero) is 1. The number of anilines is 1. The average Bonchev–Trinajstić information content (AvgIpc) is 1.56. The maximum absolute atomic E-state index is 14.7. The average molecular weight is 1460 g/mol. The van der Waals surface area contributed by atoms with Gasteiger partial charge in [0.05, 0.1) is 72.6 Å². The third-order valence-electron chi connectivity index (χ3n) is 21.2. The lowest BCUT2D eigenvalue weighted by Gasteiger charge is -2.47. The van der Waals surface area contributed by atoms with E-state index in [2.05, 4.69) is 29.1 Å². The van der Waals surface area contributed by atoms with Crippen LogP contribution in [0.2, 0.25) is 0 Å². The highest BCUT2D eigenvalue weighted by atomic mass is 16.8. The Morgan fingerprint density at radius 2 is 1.30 bits per heavy atom. The number of likely N-dealkylation sites (tertiary alicyclic amines) is 1. The van der Waals surface area contributed by atoms with E-state index in [-0.39, 0.29) is 62.7 Å². The Morgan fingerprint density at radius 1 is 0.709 bits per heavy atom. The minimum atomic E-state index is -1.95. The Labute approximate surface area is 595 Å². The van der Waals surface area contributed by atoms with Gasteiger partial charge in [0.25, 0.3) is 11.7 Å². The third-order valence-corrected chi connectivity index (χ3v) is 21.2.